The third-order valence-electron chi connectivity index (χ3n) is 6.08. The van der Waals surface area contributed by atoms with E-state index in [0.717, 1.165) is 6.54 Å². The van der Waals surface area contributed by atoms with Crippen molar-refractivity contribution >= 4 is 27.1 Å². The minimum Gasteiger partial charge on any atom is -0.384 e. The molecule has 0 bridgehead atoms. The Morgan fingerprint density at radius 3 is 1.90 bits per heavy atom. The van der Waals surface area contributed by atoms with Gasteiger partial charge in [0.05, 0.1) is 11.1 Å². The van der Waals surface area contributed by atoms with Crippen molar-refractivity contribution < 1.29 is 0 Å². The van der Waals surface area contributed by atoms with Crippen LogP contribution in [0.1, 0.15) is 84.0 Å². The highest BCUT2D eigenvalue weighted by molar-refractivity contribution is 7.21. The summed E-state index contributed by atoms with van der Waals surface area (Å²) in [5, 5.41) is 5.08. The molecule has 31 heavy (non-hydrogen) atoms. The van der Waals surface area contributed by atoms with Crippen molar-refractivity contribution in [2.24, 2.45) is 0 Å². The van der Waals surface area contributed by atoms with E-state index in [-0.39, 0.29) is 0 Å². The minimum absolute atomic E-state index is 1.06. The number of fused-ring (bicyclic) bond motifs is 1. The van der Waals surface area contributed by atoms with Gasteiger partial charge in [-0.1, -0.05) is 108 Å². The Bertz CT molecular complexity index is 874. The second-order valence-corrected chi connectivity index (χ2v) is 9.79. The average molecular weight is 435 g/mol. The number of benzene rings is 2. The van der Waals surface area contributed by atoms with Gasteiger partial charge < -0.3 is 5.32 Å². The summed E-state index contributed by atoms with van der Waals surface area (Å²) in [6.07, 6.45) is 16.8. The van der Waals surface area contributed by atoms with Crippen LogP contribution in [0, 0.1) is 0 Å². The quantitative estimate of drug-likeness (QED) is 0.185. The molecular weight excluding hydrogens is 394 g/mol. The molecule has 0 aliphatic rings. The summed E-state index contributed by atoms with van der Waals surface area (Å²) in [7, 11) is 0. The zero-order valence-electron chi connectivity index (χ0n) is 19.4. The van der Waals surface area contributed by atoms with E-state index in [1.165, 1.54) is 103 Å². The third kappa shape index (κ3) is 8.26. The highest BCUT2D eigenvalue weighted by Gasteiger charge is 2.16. The number of rotatable bonds is 15. The molecule has 0 unspecified atom stereocenters. The minimum atomic E-state index is 1.06. The number of nitrogens with one attached hydrogen (secondary N) is 1. The molecule has 3 rings (SSSR count). The lowest BCUT2D eigenvalue weighted by molar-refractivity contribution is 0.546. The molecule has 1 N–H and O–H groups in total. The Kier molecular flexibility index (Phi) is 10.9. The van der Waals surface area contributed by atoms with E-state index in [2.05, 4.69) is 72.9 Å². The first kappa shape index (κ1) is 23.7. The lowest BCUT2D eigenvalue weighted by Crippen LogP contribution is -2.02. The number of hydrogen-bond acceptors (Lipinski definition) is 1. The van der Waals surface area contributed by atoms with E-state index in [0.29, 0.717) is 0 Å². The molecule has 0 atom stereocenters. The predicted molar refractivity (Wildman–Crippen MR) is 141 cm³/mol. The van der Waals surface area contributed by atoms with Gasteiger partial charge in [-0.15, -0.1) is 0 Å². The number of unbranched alkanes of at least 4 members (excludes halogenated alkanes) is 11. The van der Waals surface area contributed by atoms with Crippen LogP contribution in [0.2, 0.25) is 0 Å². The summed E-state index contributed by atoms with van der Waals surface area (Å²) in [6, 6.07) is 21.8. The Morgan fingerprint density at radius 2 is 1.23 bits per heavy atom. The van der Waals surface area contributed by atoms with Crippen molar-refractivity contribution in [3.63, 3.8) is 0 Å². The van der Waals surface area contributed by atoms with Gasteiger partial charge in [0.1, 0.15) is 0 Å². The van der Waals surface area contributed by atoms with Crippen LogP contribution in [-0.2, 0) is 0 Å². The van der Waals surface area contributed by atoms with Crippen LogP contribution in [0.25, 0.3) is 20.5 Å². The first-order chi connectivity index (χ1) is 15.4. The van der Waals surface area contributed by atoms with Crippen molar-refractivity contribution in [3.8, 4) is 10.4 Å². The Labute approximate surface area is 193 Å². The van der Waals surface area contributed by atoms with Crippen LogP contribution < -0.4 is 5.32 Å². The van der Waals surface area contributed by atoms with E-state index in [1.54, 1.807) is 0 Å². The Morgan fingerprint density at radius 1 is 0.645 bits per heavy atom. The topological polar surface area (TPSA) is 12.0 Å². The normalized spacial score (nSPS) is 11.1. The molecule has 0 saturated carbocycles. The molecule has 1 aromatic heterocycles. The zero-order chi connectivity index (χ0) is 21.6. The standard InChI is InChI=1S/C29H40NS/c1-2-3-4-5-6-7-8-9-10-11-12-18-23-30-27-24-29(25-19-14-13-15-20-25)31-28-22-17-16-21-26(27)28/h13-17,19-22,24,30H,2-12,18,23H2,1H3/q+1. The Hall–Kier alpha value is -1.93. The molecule has 1 heterocycles. The molecule has 0 aliphatic carbocycles. The van der Waals surface area contributed by atoms with Crippen LogP contribution in [0.15, 0.2) is 60.7 Å². The Balaban J connectivity index is 1.38. The van der Waals surface area contributed by atoms with Gasteiger partial charge in [-0.05, 0) is 24.6 Å². The van der Waals surface area contributed by atoms with E-state index < -0.39 is 0 Å². The number of anilines is 1. The first-order valence-electron chi connectivity index (χ1n) is 12.5. The average Bonchev–Trinajstić information content (AvgIpc) is 2.82. The molecule has 0 aliphatic heterocycles. The van der Waals surface area contributed by atoms with Gasteiger partial charge in [0.15, 0.2) is 0 Å². The fourth-order valence-electron chi connectivity index (χ4n) is 4.21. The van der Waals surface area contributed by atoms with Gasteiger partial charge in [-0.2, -0.15) is 0 Å². The summed E-state index contributed by atoms with van der Waals surface area (Å²) in [4.78, 5) is 1.33. The molecule has 2 heteroatoms. The largest absolute Gasteiger partial charge is 0.384 e. The predicted octanol–water partition coefficient (Wildman–Crippen LogP) is 9.96. The SMILES string of the molecule is CCCCCCCCCCCCCCNc1cc(-c2ccccc2)[s+]c2ccccc12. The lowest BCUT2D eigenvalue weighted by Gasteiger charge is -2.08. The monoisotopic (exact) mass is 434 g/mol. The second-order valence-electron chi connectivity index (χ2n) is 8.70. The molecule has 0 radical (unpaired) electrons. The van der Waals surface area contributed by atoms with Crippen molar-refractivity contribution in [2.75, 3.05) is 11.9 Å². The van der Waals surface area contributed by atoms with Gasteiger partial charge in [0.2, 0.25) is 20.9 Å². The van der Waals surface area contributed by atoms with Gasteiger partial charge in [0.25, 0.3) is 0 Å². The summed E-state index contributed by atoms with van der Waals surface area (Å²) < 4.78 is 1.35. The maximum absolute atomic E-state index is 3.74. The summed E-state index contributed by atoms with van der Waals surface area (Å²) in [6.45, 7) is 3.35. The molecule has 0 fully saturated rings. The van der Waals surface area contributed by atoms with Gasteiger partial charge in [-0.25, -0.2) is 0 Å². The second kappa shape index (κ2) is 14.2. The molecule has 0 amide bonds. The van der Waals surface area contributed by atoms with Crippen LogP contribution in [-0.4, -0.2) is 6.54 Å². The molecular formula is C29H40NS+. The van der Waals surface area contributed by atoms with Crippen LogP contribution in [0.5, 0.6) is 0 Å². The van der Waals surface area contributed by atoms with Crippen LogP contribution in [0.3, 0.4) is 0 Å². The van der Waals surface area contributed by atoms with Gasteiger partial charge >= 0.3 is 0 Å². The fraction of sp³-hybridized carbons (Fsp3) is 0.483. The third-order valence-corrected chi connectivity index (χ3v) is 7.23. The number of hydrogen-bond donors (Lipinski definition) is 1. The van der Waals surface area contributed by atoms with E-state index in [1.807, 2.05) is 11.3 Å². The van der Waals surface area contributed by atoms with Gasteiger partial charge in [-0.3, -0.25) is 0 Å². The van der Waals surface area contributed by atoms with E-state index in [4.69, 9.17) is 0 Å². The van der Waals surface area contributed by atoms with E-state index in [9.17, 15) is 0 Å². The zero-order valence-corrected chi connectivity index (χ0v) is 20.2. The van der Waals surface area contributed by atoms with Gasteiger partial charge in [0, 0.05) is 24.2 Å². The fourth-order valence-corrected chi connectivity index (χ4v) is 5.32. The molecule has 3 aromatic rings. The summed E-state index contributed by atoms with van der Waals surface area (Å²) in [5.74, 6) is 0. The highest BCUT2D eigenvalue weighted by Crippen LogP contribution is 2.35. The van der Waals surface area contributed by atoms with Crippen molar-refractivity contribution in [2.45, 2.75) is 84.0 Å². The van der Waals surface area contributed by atoms with Crippen molar-refractivity contribution in [1.82, 2.24) is 0 Å². The van der Waals surface area contributed by atoms with Crippen molar-refractivity contribution in [3.05, 3.63) is 60.7 Å². The first-order valence-corrected chi connectivity index (χ1v) is 13.4. The molecule has 0 spiro atoms. The van der Waals surface area contributed by atoms with E-state index >= 15 is 0 Å². The summed E-state index contributed by atoms with van der Waals surface area (Å²) >= 11 is 1.88. The molecule has 2 aromatic carbocycles. The molecule has 0 saturated heterocycles. The van der Waals surface area contributed by atoms with Crippen LogP contribution in [0.4, 0.5) is 5.69 Å². The smallest absolute Gasteiger partial charge is 0.240 e. The highest BCUT2D eigenvalue weighted by atomic mass is 32.1. The molecule has 166 valence electrons. The molecule has 1 nitrogen and oxygen atoms in total. The maximum Gasteiger partial charge on any atom is 0.240 e. The lowest BCUT2D eigenvalue weighted by atomic mass is 10.1. The van der Waals surface area contributed by atoms with Crippen molar-refractivity contribution in [1.29, 1.82) is 0 Å². The van der Waals surface area contributed by atoms with Crippen LogP contribution >= 0.6 is 11.3 Å². The summed E-state index contributed by atoms with van der Waals surface area (Å²) in [5.41, 5.74) is 2.57. The maximum atomic E-state index is 3.74.